The van der Waals surface area contributed by atoms with E-state index in [1.165, 1.54) is 77.0 Å². The van der Waals surface area contributed by atoms with E-state index in [2.05, 4.69) is 59.2 Å². The molecule has 0 unspecified atom stereocenters. The monoisotopic (exact) mass is 554 g/mol. The Balaban J connectivity index is 2.24. The van der Waals surface area contributed by atoms with Crippen LogP contribution in [-0.4, -0.2) is 129 Å². The summed E-state index contributed by atoms with van der Waals surface area (Å²) in [6.07, 6.45) is 16.4. The molecule has 1 rings (SSSR count). The summed E-state index contributed by atoms with van der Waals surface area (Å²) in [5.41, 5.74) is 0. The molecule has 1 aliphatic heterocycles. The van der Waals surface area contributed by atoms with Crippen molar-refractivity contribution in [3.05, 3.63) is 0 Å². The molecule has 7 nitrogen and oxygen atoms in total. The van der Waals surface area contributed by atoms with Crippen molar-refractivity contribution in [1.29, 1.82) is 0 Å². The van der Waals surface area contributed by atoms with Gasteiger partial charge in [0.1, 0.15) is 6.73 Å². The van der Waals surface area contributed by atoms with Crippen LogP contribution >= 0.6 is 0 Å². The van der Waals surface area contributed by atoms with E-state index < -0.39 is 0 Å². The van der Waals surface area contributed by atoms with Gasteiger partial charge in [0.15, 0.2) is 0 Å². The molecule has 1 fully saturated rings. The zero-order valence-electron chi connectivity index (χ0n) is 26.9. The fourth-order valence-corrected chi connectivity index (χ4v) is 5.38. The van der Waals surface area contributed by atoms with Gasteiger partial charge in [0.25, 0.3) is 0 Å². The summed E-state index contributed by atoms with van der Waals surface area (Å²) in [6.45, 7) is 22.3. The Morgan fingerprint density at radius 3 is 1.31 bits per heavy atom. The first-order valence-corrected chi connectivity index (χ1v) is 16.8. The van der Waals surface area contributed by atoms with Crippen LogP contribution in [0.3, 0.4) is 0 Å². The van der Waals surface area contributed by atoms with Gasteiger partial charge in [-0.3, -0.25) is 14.6 Å². The Bertz CT molecular complexity index is 545. The third-order valence-corrected chi connectivity index (χ3v) is 8.46. The second-order valence-corrected chi connectivity index (χ2v) is 11.7. The second kappa shape index (κ2) is 25.0. The minimum Gasteiger partial charge on any atom is -0.449 e. The molecule has 1 aliphatic rings. The van der Waals surface area contributed by atoms with Crippen LogP contribution in [0.1, 0.15) is 105 Å². The van der Waals surface area contributed by atoms with Crippen LogP contribution < -0.4 is 0 Å². The molecule has 0 aliphatic carbocycles. The maximum atomic E-state index is 12.7. The third kappa shape index (κ3) is 19.9. The molecule has 0 bridgehead atoms. The summed E-state index contributed by atoms with van der Waals surface area (Å²) in [5, 5.41) is 0. The number of unbranched alkanes of at least 4 members (excludes halogenated alkanes) is 11. The number of ether oxygens (including phenoxy) is 1. The van der Waals surface area contributed by atoms with Gasteiger partial charge >= 0.3 is 5.97 Å². The summed E-state index contributed by atoms with van der Waals surface area (Å²) >= 11 is 0. The van der Waals surface area contributed by atoms with Crippen LogP contribution in [0, 0.1) is 0 Å². The topological polar surface area (TPSA) is 42.5 Å². The lowest BCUT2D eigenvalue weighted by atomic mass is 10.1. The molecule has 0 aromatic heterocycles. The maximum Gasteiger partial charge on any atom is 0.321 e. The molecule has 0 amide bonds. The van der Waals surface area contributed by atoms with Crippen molar-refractivity contribution in [3.63, 3.8) is 0 Å². The number of hydrogen-bond donors (Lipinski definition) is 0. The van der Waals surface area contributed by atoms with Gasteiger partial charge in [-0.1, -0.05) is 98.3 Å². The first kappa shape index (κ1) is 36.3. The molecule has 232 valence electrons. The fraction of sp³-hybridized carbons (Fsp3) is 0.969. The van der Waals surface area contributed by atoms with Crippen LogP contribution in [0.2, 0.25) is 0 Å². The van der Waals surface area contributed by atoms with E-state index in [-0.39, 0.29) is 5.97 Å². The lowest BCUT2D eigenvalue weighted by molar-refractivity contribution is -0.149. The summed E-state index contributed by atoms with van der Waals surface area (Å²) in [4.78, 5) is 24.8. The molecule has 39 heavy (non-hydrogen) atoms. The highest BCUT2D eigenvalue weighted by Crippen LogP contribution is 2.12. The number of hydrogen-bond acceptors (Lipinski definition) is 7. The van der Waals surface area contributed by atoms with E-state index in [9.17, 15) is 4.79 Å². The largest absolute Gasteiger partial charge is 0.449 e. The van der Waals surface area contributed by atoms with Crippen molar-refractivity contribution in [1.82, 2.24) is 24.5 Å². The molecule has 0 aromatic rings. The first-order chi connectivity index (χ1) is 19.0. The average Bonchev–Trinajstić information content (AvgIpc) is 2.94. The Morgan fingerprint density at radius 2 is 0.923 bits per heavy atom. The van der Waals surface area contributed by atoms with Crippen molar-refractivity contribution in [2.24, 2.45) is 0 Å². The standard InChI is InChI=1S/C32H67N5O2/c1-6-10-11-12-13-14-15-16-17-18-19-20-21-33(5)31-39-32(38)30-37-28-26-35(8-3)24-22-34(7-2)23-25-36(9-4)27-29-37/h6-31H2,1-5H3. The Hall–Kier alpha value is -0.730. The summed E-state index contributed by atoms with van der Waals surface area (Å²) in [7, 11) is 2.07. The molecule has 7 heteroatoms. The SMILES string of the molecule is CCCCCCCCCCCCCCN(C)COC(=O)CN1CCN(CC)CCN(CC)CCN(CC)CC1. The number of rotatable bonds is 20. The molecule has 0 aromatic carbocycles. The molecular formula is C32H67N5O2. The minimum atomic E-state index is -0.0908. The number of carbonyl (C=O) groups is 1. The minimum absolute atomic E-state index is 0.0908. The van der Waals surface area contributed by atoms with Crippen LogP contribution in [0.15, 0.2) is 0 Å². The van der Waals surface area contributed by atoms with Gasteiger partial charge in [0.2, 0.25) is 0 Å². The van der Waals surface area contributed by atoms with Crippen molar-refractivity contribution < 1.29 is 9.53 Å². The average molecular weight is 554 g/mol. The van der Waals surface area contributed by atoms with E-state index >= 15 is 0 Å². The van der Waals surface area contributed by atoms with Gasteiger partial charge in [-0.05, 0) is 33.1 Å². The summed E-state index contributed by atoms with van der Waals surface area (Å²) in [5.74, 6) is -0.0908. The quantitative estimate of drug-likeness (QED) is 0.114. The smallest absolute Gasteiger partial charge is 0.321 e. The van der Waals surface area contributed by atoms with E-state index in [1.807, 2.05) is 0 Å². The van der Waals surface area contributed by atoms with E-state index in [0.29, 0.717) is 13.3 Å². The zero-order chi connectivity index (χ0) is 28.6. The summed E-state index contributed by atoms with van der Waals surface area (Å²) < 4.78 is 5.68. The molecule has 0 radical (unpaired) electrons. The normalized spacial score (nSPS) is 17.8. The Kier molecular flexibility index (Phi) is 23.3. The Labute approximate surface area is 243 Å². The van der Waals surface area contributed by atoms with Gasteiger partial charge in [-0.25, -0.2) is 0 Å². The molecule has 1 saturated heterocycles. The van der Waals surface area contributed by atoms with Crippen molar-refractivity contribution in [2.75, 3.05) is 98.9 Å². The molecule has 0 N–H and O–H groups in total. The van der Waals surface area contributed by atoms with Crippen LogP contribution in [0.25, 0.3) is 0 Å². The van der Waals surface area contributed by atoms with Crippen LogP contribution in [0.4, 0.5) is 0 Å². The highest BCUT2D eigenvalue weighted by Gasteiger charge is 2.17. The number of carbonyl (C=O) groups excluding carboxylic acids is 1. The van der Waals surface area contributed by atoms with Crippen molar-refractivity contribution in [2.45, 2.75) is 105 Å². The van der Waals surface area contributed by atoms with E-state index in [1.54, 1.807) is 0 Å². The van der Waals surface area contributed by atoms with Crippen LogP contribution in [0.5, 0.6) is 0 Å². The molecule has 0 saturated carbocycles. The first-order valence-electron chi connectivity index (χ1n) is 16.8. The van der Waals surface area contributed by atoms with Gasteiger partial charge in [0, 0.05) is 58.9 Å². The lowest BCUT2D eigenvalue weighted by Gasteiger charge is -2.33. The van der Waals surface area contributed by atoms with Gasteiger partial charge < -0.3 is 19.4 Å². The van der Waals surface area contributed by atoms with Gasteiger partial charge in [-0.2, -0.15) is 0 Å². The molecule has 0 atom stereocenters. The van der Waals surface area contributed by atoms with E-state index in [0.717, 1.165) is 78.5 Å². The zero-order valence-corrected chi connectivity index (χ0v) is 26.9. The predicted octanol–water partition coefficient (Wildman–Crippen LogP) is 5.40. The second-order valence-electron chi connectivity index (χ2n) is 11.7. The number of esters is 1. The van der Waals surface area contributed by atoms with Gasteiger partial charge in [-0.15, -0.1) is 0 Å². The Morgan fingerprint density at radius 1 is 0.564 bits per heavy atom. The lowest BCUT2D eigenvalue weighted by Crippen LogP contribution is -2.47. The fourth-order valence-electron chi connectivity index (χ4n) is 5.38. The summed E-state index contributed by atoms with van der Waals surface area (Å²) in [6, 6.07) is 0. The molecule has 1 heterocycles. The highest BCUT2D eigenvalue weighted by atomic mass is 16.5. The number of likely N-dealkylation sites (N-methyl/N-ethyl adjacent to an activating group) is 3. The predicted molar refractivity (Wildman–Crippen MR) is 167 cm³/mol. The third-order valence-electron chi connectivity index (χ3n) is 8.46. The molecule has 0 spiro atoms. The van der Waals surface area contributed by atoms with Crippen molar-refractivity contribution in [3.8, 4) is 0 Å². The molecular weight excluding hydrogens is 486 g/mol. The maximum absolute atomic E-state index is 12.7. The van der Waals surface area contributed by atoms with Crippen LogP contribution in [-0.2, 0) is 9.53 Å². The van der Waals surface area contributed by atoms with Crippen molar-refractivity contribution >= 4 is 5.97 Å². The van der Waals surface area contributed by atoms with E-state index in [4.69, 9.17) is 4.74 Å². The van der Waals surface area contributed by atoms with Gasteiger partial charge in [0.05, 0.1) is 6.54 Å². The number of nitrogens with zero attached hydrogens (tertiary/aromatic N) is 5. The highest BCUT2D eigenvalue weighted by molar-refractivity contribution is 5.71.